The summed E-state index contributed by atoms with van der Waals surface area (Å²) in [5.41, 5.74) is 15.9. The summed E-state index contributed by atoms with van der Waals surface area (Å²) in [7, 11) is 0. The van der Waals surface area contributed by atoms with Crippen molar-refractivity contribution in [1.29, 1.82) is 0 Å². The molecule has 0 unspecified atom stereocenters. The fourth-order valence-electron chi connectivity index (χ4n) is 14.4. The topological polar surface area (TPSA) is 6.48 Å². The van der Waals surface area contributed by atoms with Crippen molar-refractivity contribution in [2.24, 2.45) is 0 Å². The highest BCUT2D eigenvalue weighted by atomic mass is 32.1. The lowest BCUT2D eigenvalue weighted by molar-refractivity contribution is 1.28. The molecule has 0 aliphatic carbocycles. The van der Waals surface area contributed by atoms with Gasteiger partial charge < -0.3 is 9.80 Å². The third-order valence-electron chi connectivity index (χ3n) is 18.7. The summed E-state index contributed by atoms with van der Waals surface area (Å²) in [5, 5.41) is 19.9. The molecule has 18 rings (SSSR count). The van der Waals surface area contributed by atoms with E-state index in [0.717, 1.165) is 45.3 Å². The first-order chi connectivity index (χ1) is 45.1. The van der Waals surface area contributed by atoms with Crippen molar-refractivity contribution >= 4 is 141 Å². The average Bonchev–Trinajstić information content (AvgIpc) is 1.86. The third-order valence-corrected chi connectivity index (χ3v) is 19.9. The van der Waals surface area contributed by atoms with Crippen LogP contribution in [0.4, 0.5) is 34.1 Å². The van der Waals surface area contributed by atoms with E-state index in [4.69, 9.17) is 0 Å². The molecule has 0 radical (unpaired) electrons. The first kappa shape index (κ1) is 52.5. The van der Waals surface area contributed by atoms with Crippen LogP contribution in [0.3, 0.4) is 0 Å². The monoisotopic (exact) mass is 1170 g/mol. The molecule has 2 nitrogen and oxygen atoms in total. The fraction of sp³-hybridized carbons (Fsp3) is 0. The second-order valence-electron chi connectivity index (χ2n) is 23.9. The van der Waals surface area contributed by atoms with E-state index in [1.165, 1.54) is 129 Å². The lowest BCUT2D eigenvalue weighted by Gasteiger charge is -2.30. The Balaban J connectivity index is 0.787. The minimum absolute atomic E-state index is 1.06. The second-order valence-corrected chi connectivity index (χ2v) is 25.0. The molecule has 0 aliphatic heterocycles. The zero-order valence-electron chi connectivity index (χ0n) is 49.6. The van der Waals surface area contributed by atoms with Crippen LogP contribution in [-0.2, 0) is 0 Å². The van der Waals surface area contributed by atoms with Crippen LogP contribution in [0.1, 0.15) is 0 Å². The Bertz CT molecular complexity index is 5900. The van der Waals surface area contributed by atoms with Gasteiger partial charge in [0.05, 0.1) is 11.4 Å². The van der Waals surface area contributed by atoms with Gasteiger partial charge in [-0.05, 0) is 188 Å². The molecule has 1 aromatic heterocycles. The summed E-state index contributed by atoms with van der Waals surface area (Å²) in [4.78, 5) is 4.93. The van der Waals surface area contributed by atoms with Crippen LogP contribution < -0.4 is 9.80 Å². The number of nitrogens with zero attached hydrogens (tertiary/aromatic N) is 2. The zero-order chi connectivity index (χ0) is 59.9. The predicted octanol–water partition coefficient (Wildman–Crippen LogP) is 25.7. The first-order valence-corrected chi connectivity index (χ1v) is 32.1. The van der Waals surface area contributed by atoms with E-state index < -0.39 is 0 Å². The van der Waals surface area contributed by atoms with E-state index in [1.54, 1.807) is 0 Å². The van der Waals surface area contributed by atoms with E-state index >= 15 is 0 Å². The summed E-state index contributed by atoms with van der Waals surface area (Å²) in [6.07, 6.45) is 0. The van der Waals surface area contributed by atoms with Gasteiger partial charge in [0.2, 0.25) is 0 Å². The average molecular weight is 1170 g/mol. The maximum Gasteiger partial charge on any atom is 0.0546 e. The van der Waals surface area contributed by atoms with Gasteiger partial charge in [-0.25, -0.2) is 0 Å². The Morgan fingerprint density at radius 1 is 0.198 bits per heavy atom. The highest BCUT2D eigenvalue weighted by Gasteiger charge is 2.24. The Kier molecular flexibility index (Phi) is 12.5. The van der Waals surface area contributed by atoms with Gasteiger partial charge in [-0.2, -0.15) is 0 Å². The molecule has 17 aromatic carbocycles. The van der Waals surface area contributed by atoms with Crippen molar-refractivity contribution < 1.29 is 0 Å². The maximum atomic E-state index is 2.50. The molecule has 0 aliphatic rings. The van der Waals surface area contributed by atoms with Crippen LogP contribution in [0.15, 0.2) is 340 Å². The summed E-state index contributed by atoms with van der Waals surface area (Å²) >= 11 is 1.89. The Hall–Kier alpha value is -11.6. The number of benzene rings is 17. The molecule has 0 saturated carbocycles. The van der Waals surface area contributed by atoms with Gasteiger partial charge in [-0.1, -0.05) is 255 Å². The molecule has 0 atom stereocenters. The van der Waals surface area contributed by atoms with Gasteiger partial charge in [0.15, 0.2) is 0 Å². The van der Waals surface area contributed by atoms with Crippen molar-refractivity contribution in [3.05, 3.63) is 340 Å². The number of para-hydroxylation sites is 1. The summed E-state index contributed by atoms with van der Waals surface area (Å²) < 4.78 is 2.62. The van der Waals surface area contributed by atoms with Gasteiger partial charge in [-0.15, -0.1) is 11.3 Å². The quantitative estimate of drug-likeness (QED) is 0.126. The Morgan fingerprint density at radius 2 is 0.659 bits per heavy atom. The van der Waals surface area contributed by atoms with E-state index in [9.17, 15) is 0 Å². The van der Waals surface area contributed by atoms with Crippen molar-refractivity contribution in [2.75, 3.05) is 9.80 Å². The molecule has 0 bridgehead atoms. The van der Waals surface area contributed by atoms with E-state index in [2.05, 4.69) is 350 Å². The standard InChI is InChI=1S/C88H56N2S/c1-2-17-57(18-3-1)61-41-49-76-67(51-61)35-36-68-54-72(47-50-77(68)76)89(69-43-37-58(38-44-69)62-42-48-75-66(52-62)34-33-59-19-4-7-24-73(59)75)71-23-16-22-63(53-71)78-26-12-14-31-84(78)90(85-56-65-21-5-8-25-74(65)80-28-10-11-29-81(80)85)70-45-39-60(40-46-70)83-55-64-20-6-9-27-79(64)87-82-30-13-15-32-86(82)91-88(83)87/h1-56H. The number of rotatable bonds is 10. The number of hydrogen-bond donors (Lipinski definition) is 0. The number of fused-ring (bicyclic) bond motifs is 14. The van der Waals surface area contributed by atoms with Crippen LogP contribution in [0.25, 0.3) is 140 Å². The van der Waals surface area contributed by atoms with Crippen molar-refractivity contribution in [3.8, 4) is 44.5 Å². The Morgan fingerprint density at radius 3 is 1.38 bits per heavy atom. The molecule has 0 amide bonds. The van der Waals surface area contributed by atoms with Crippen LogP contribution in [0.2, 0.25) is 0 Å². The smallest absolute Gasteiger partial charge is 0.0546 e. The van der Waals surface area contributed by atoms with Crippen LogP contribution in [0, 0.1) is 0 Å². The van der Waals surface area contributed by atoms with Gasteiger partial charge >= 0.3 is 0 Å². The van der Waals surface area contributed by atoms with Gasteiger partial charge in [0, 0.05) is 59.4 Å². The molecule has 424 valence electrons. The van der Waals surface area contributed by atoms with E-state index in [1.807, 2.05) is 11.3 Å². The molecule has 91 heavy (non-hydrogen) atoms. The normalized spacial score (nSPS) is 11.7. The highest BCUT2D eigenvalue weighted by Crippen LogP contribution is 2.49. The van der Waals surface area contributed by atoms with E-state index in [-0.39, 0.29) is 0 Å². The highest BCUT2D eigenvalue weighted by molar-refractivity contribution is 7.26. The predicted molar refractivity (Wildman–Crippen MR) is 393 cm³/mol. The van der Waals surface area contributed by atoms with E-state index in [0.29, 0.717) is 0 Å². The van der Waals surface area contributed by atoms with Crippen LogP contribution >= 0.6 is 11.3 Å². The summed E-state index contributed by atoms with van der Waals surface area (Å²) in [6.45, 7) is 0. The fourth-order valence-corrected chi connectivity index (χ4v) is 15.6. The molecular weight excluding hydrogens is 1120 g/mol. The molecule has 0 saturated heterocycles. The van der Waals surface area contributed by atoms with Crippen molar-refractivity contribution in [2.45, 2.75) is 0 Å². The number of thiophene rings is 1. The number of hydrogen-bond acceptors (Lipinski definition) is 3. The van der Waals surface area contributed by atoms with Crippen molar-refractivity contribution in [1.82, 2.24) is 0 Å². The lowest BCUT2D eigenvalue weighted by atomic mass is 9.95. The molecule has 1 heterocycles. The molecule has 0 fully saturated rings. The van der Waals surface area contributed by atoms with Gasteiger partial charge in [-0.3, -0.25) is 0 Å². The molecular formula is C88H56N2S. The van der Waals surface area contributed by atoms with Crippen LogP contribution in [-0.4, -0.2) is 0 Å². The first-order valence-electron chi connectivity index (χ1n) is 31.3. The number of anilines is 6. The maximum absolute atomic E-state index is 2.50. The molecule has 0 N–H and O–H groups in total. The SMILES string of the molecule is c1ccc(-c2ccc3c(ccc4cc(N(c5ccc(-c6ccc7c(ccc8ccccc87)c6)cc5)c5cccc(-c6ccccc6N(c6ccc(-c7cc8ccccc8c8c7sc7ccccc78)cc6)c6cc7ccccc7c7ccccc67)c5)ccc43)c2)cc1. The Labute approximate surface area is 531 Å². The molecule has 0 spiro atoms. The summed E-state index contributed by atoms with van der Waals surface area (Å²) in [6, 6.07) is 126. The summed E-state index contributed by atoms with van der Waals surface area (Å²) in [5.74, 6) is 0. The lowest BCUT2D eigenvalue weighted by Crippen LogP contribution is -2.12. The third kappa shape index (κ3) is 9.00. The van der Waals surface area contributed by atoms with Gasteiger partial charge in [0.1, 0.15) is 0 Å². The van der Waals surface area contributed by atoms with Crippen LogP contribution in [0.5, 0.6) is 0 Å². The molecule has 18 aromatic rings. The second kappa shape index (κ2) is 21.6. The van der Waals surface area contributed by atoms with Crippen molar-refractivity contribution in [3.63, 3.8) is 0 Å². The minimum atomic E-state index is 1.06. The largest absolute Gasteiger partial charge is 0.310 e. The molecule has 3 heteroatoms. The van der Waals surface area contributed by atoms with Gasteiger partial charge in [0.25, 0.3) is 0 Å². The zero-order valence-corrected chi connectivity index (χ0v) is 50.5. The minimum Gasteiger partial charge on any atom is -0.310 e.